The summed E-state index contributed by atoms with van der Waals surface area (Å²) in [6.07, 6.45) is 1.80. The second kappa shape index (κ2) is 9.31. The molecule has 3 aromatic rings. The van der Waals surface area contributed by atoms with Gasteiger partial charge >= 0.3 is 0 Å². The van der Waals surface area contributed by atoms with Crippen LogP contribution in [0, 0.1) is 25.2 Å². The van der Waals surface area contributed by atoms with Crippen LogP contribution in [0.25, 0.3) is 10.9 Å². The van der Waals surface area contributed by atoms with Crippen molar-refractivity contribution in [3.8, 4) is 11.8 Å². The predicted octanol–water partition coefficient (Wildman–Crippen LogP) is 4.56. The molecular weight excluding hydrogens is 516 g/mol. The molecule has 0 bridgehead atoms. The van der Waals surface area contributed by atoms with Crippen molar-refractivity contribution >= 4 is 35.1 Å². The molecule has 1 amide bonds. The van der Waals surface area contributed by atoms with E-state index in [2.05, 4.69) is 11.4 Å². The van der Waals surface area contributed by atoms with E-state index in [9.17, 15) is 19.0 Å². The van der Waals surface area contributed by atoms with Crippen molar-refractivity contribution in [2.75, 3.05) is 37.3 Å². The summed E-state index contributed by atoms with van der Waals surface area (Å²) in [6.45, 7) is 6.84. The molecule has 202 valence electrons. The Morgan fingerprint density at radius 1 is 1.26 bits per heavy atom. The summed E-state index contributed by atoms with van der Waals surface area (Å²) in [4.78, 5) is 23.6. The van der Waals surface area contributed by atoms with E-state index < -0.39 is 18.7 Å². The molecular formula is C29H31FN5O3P. The fourth-order valence-corrected chi connectivity index (χ4v) is 8.61. The minimum atomic E-state index is -2.92. The van der Waals surface area contributed by atoms with Crippen molar-refractivity contribution in [1.82, 2.24) is 14.9 Å². The van der Waals surface area contributed by atoms with E-state index in [1.54, 1.807) is 6.07 Å². The number of anilines is 1. The summed E-state index contributed by atoms with van der Waals surface area (Å²) in [5.74, 6) is 1.43. The molecule has 39 heavy (non-hydrogen) atoms. The number of nitriles is 1. The van der Waals surface area contributed by atoms with Crippen LogP contribution in [0.15, 0.2) is 24.3 Å². The molecule has 1 N–H and O–H groups in total. The predicted molar refractivity (Wildman–Crippen MR) is 148 cm³/mol. The maximum absolute atomic E-state index is 14.4. The quantitative estimate of drug-likeness (QED) is 0.467. The van der Waals surface area contributed by atoms with Gasteiger partial charge < -0.3 is 19.5 Å². The fourth-order valence-electron chi connectivity index (χ4n) is 5.84. The van der Waals surface area contributed by atoms with Gasteiger partial charge in [-0.05, 0) is 56.9 Å². The summed E-state index contributed by atoms with van der Waals surface area (Å²) >= 11 is 0. The average Bonchev–Trinajstić information content (AvgIpc) is 3.47. The second-order valence-corrected chi connectivity index (χ2v) is 14.1. The number of hydrogen-bond donors (Lipinski definition) is 1. The van der Waals surface area contributed by atoms with Crippen molar-refractivity contribution in [2.24, 2.45) is 0 Å². The van der Waals surface area contributed by atoms with Gasteiger partial charge in [0.1, 0.15) is 24.5 Å². The van der Waals surface area contributed by atoms with E-state index in [0.717, 1.165) is 27.6 Å². The Morgan fingerprint density at radius 2 is 2.00 bits per heavy atom. The first kappa shape index (κ1) is 25.8. The molecule has 10 heteroatoms. The van der Waals surface area contributed by atoms with Gasteiger partial charge in [0.25, 0.3) is 5.91 Å². The zero-order valence-electron chi connectivity index (χ0n) is 22.4. The number of alkyl halides is 1. The first-order valence-electron chi connectivity index (χ1n) is 13.4. The molecule has 0 radical (unpaired) electrons. The fraction of sp³-hybridized carbons (Fsp3) is 0.448. The van der Waals surface area contributed by atoms with Gasteiger partial charge in [-0.25, -0.2) is 14.4 Å². The number of nitrogens with one attached hydrogen (secondary N) is 1. The molecule has 1 aromatic heterocycles. The number of halogens is 1. The smallest absolute Gasteiger partial charge is 0.260 e. The Morgan fingerprint density at radius 3 is 2.69 bits per heavy atom. The lowest BCUT2D eigenvalue weighted by molar-refractivity contribution is -0.137. The van der Waals surface area contributed by atoms with Crippen LogP contribution in [-0.2, 0) is 15.8 Å². The number of aromatic nitrogens is 2. The molecule has 6 rings (SSSR count). The summed E-state index contributed by atoms with van der Waals surface area (Å²) in [5.41, 5.74) is 2.54. The third-order valence-electron chi connectivity index (χ3n) is 8.31. The number of rotatable bonds is 5. The topological polar surface area (TPSA) is 108 Å². The molecule has 3 heterocycles. The minimum Gasteiger partial charge on any atom is -0.492 e. The highest BCUT2D eigenvalue weighted by atomic mass is 31.2. The van der Waals surface area contributed by atoms with Gasteiger partial charge in [-0.2, -0.15) is 5.26 Å². The minimum absolute atomic E-state index is 0.149. The number of carbonyl (C=O) groups is 1. The number of ether oxygens (including phenoxy) is 1. The Bertz CT molecular complexity index is 1600. The monoisotopic (exact) mass is 547 g/mol. The Labute approximate surface area is 226 Å². The van der Waals surface area contributed by atoms with Crippen molar-refractivity contribution in [3.05, 3.63) is 52.3 Å². The van der Waals surface area contributed by atoms with Gasteiger partial charge in [0.15, 0.2) is 5.67 Å². The second-order valence-electron chi connectivity index (χ2n) is 10.9. The van der Waals surface area contributed by atoms with Gasteiger partial charge in [-0.1, -0.05) is 12.1 Å². The Balaban J connectivity index is 1.38. The van der Waals surface area contributed by atoms with Crippen LogP contribution in [0.2, 0.25) is 0 Å². The summed E-state index contributed by atoms with van der Waals surface area (Å²) in [5, 5.41) is 14.4. The van der Waals surface area contributed by atoms with Crippen LogP contribution in [0.1, 0.15) is 53.9 Å². The SMILES string of the molecule is Cc1nc(N[C@H](C)c2cccc(C#N)c2C)c2cc(P3(=O)CCN(C(=O)C4(F)CC4)CC3)c3c(c2n1)CCO3. The van der Waals surface area contributed by atoms with Crippen LogP contribution in [0.5, 0.6) is 5.75 Å². The van der Waals surface area contributed by atoms with Gasteiger partial charge in [-0.3, -0.25) is 4.79 Å². The molecule has 1 saturated carbocycles. The third kappa shape index (κ3) is 4.35. The number of carbonyl (C=O) groups excluding carboxylic acids is 1. The lowest BCUT2D eigenvalue weighted by atomic mass is 9.98. The molecule has 2 aliphatic heterocycles. The average molecular weight is 548 g/mol. The van der Waals surface area contributed by atoms with E-state index in [-0.39, 0.29) is 32.0 Å². The summed E-state index contributed by atoms with van der Waals surface area (Å²) in [7, 11) is -2.92. The number of nitrogens with zero attached hydrogens (tertiary/aromatic N) is 4. The molecule has 1 saturated heterocycles. The van der Waals surface area contributed by atoms with E-state index in [0.29, 0.717) is 53.6 Å². The van der Waals surface area contributed by atoms with Crippen LogP contribution in [-0.4, -0.2) is 58.5 Å². The van der Waals surface area contributed by atoms with Crippen molar-refractivity contribution in [1.29, 1.82) is 5.26 Å². The molecule has 3 aliphatic rings. The number of aryl methyl sites for hydroxylation is 1. The molecule has 2 aromatic carbocycles. The zero-order valence-corrected chi connectivity index (χ0v) is 23.3. The molecule has 0 spiro atoms. The van der Waals surface area contributed by atoms with Gasteiger partial charge in [0.05, 0.1) is 35.1 Å². The van der Waals surface area contributed by atoms with Crippen LogP contribution in [0.3, 0.4) is 0 Å². The molecule has 8 nitrogen and oxygen atoms in total. The standard InChI is InChI=1S/C29H31FN5O3P/c1-17-20(16-31)5-4-6-21(17)18(2)32-27-23-15-24(26-22(7-12-38-26)25(23)33-19(3)34-27)39(37)13-10-35(11-14-39)28(36)29(30)8-9-29/h4-6,15,18H,7-14H2,1-3H3,(H,32,33,34)/t18-/m1/s1. The first-order valence-corrected chi connectivity index (χ1v) is 15.5. The van der Waals surface area contributed by atoms with E-state index in [1.165, 1.54) is 4.90 Å². The number of amides is 1. The van der Waals surface area contributed by atoms with Crippen molar-refractivity contribution in [2.45, 2.75) is 51.7 Å². The molecule has 2 fully saturated rings. The van der Waals surface area contributed by atoms with E-state index in [1.807, 2.05) is 39.0 Å². The maximum Gasteiger partial charge on any atom is 0.260 e. The lowest BCUT2D eigenvalue weighted by Crippen LogP contribution is -2.45. The van der Waals surface area contributed by atoms with Gasteiger partial charge in [0, 0.05) is 42.8 Å². The number of fused-ring (bicyclic) bond motifs is 3. The van der Waals surface area contributed by atoms with E-state index in [4.69, 9.17) is 14.7 Å². The third-order valence-corrected chi connectivity index (χ3v) is 11.4. The number of hydrogen-bond acceptors (Lipinski definition) is 7. The first-order chi connectivity index (χ1) is 18.6. The Kier molecular flexibility index (Phi) is 6.15. The van der Waals surface area contributed by atoms with Gasteiger partial charge in [-0.15, -0.1) is 0 Å². The summed E-state index contributed by atoms with van der Waals surface area (Å²) in [6, 6.07) is 9.68. The molecule has 1 aliphatic carbocycles. The highest BCUT2D eigenvalue weighted by Crippen LogP contribution is 2.52. The van der Waals surface area contributed by atoms with Crippen molar-refractivity contribution < 1.29 is 18.5 Å². The molecule has 0 unspecified atom stereocenters. The van der Waals surface area contributed by atoms with Gasteiger partial charge in [0.2, 0.25) is 0 Å². The van der Waals surface area contributed by atoms with E-state index >= 15 is 0 Å². The lowest BCUT2D eigenvalue weighted by Gasteiger charge is -2.34. The number of benzene rings is 2. The van der Waals surface area contributed by atoms with Crippen molar-refractivity contribution in [3.63, 3.8) is 0 Å². The normalized spacial score (nSPS) is 19.6. The van der Waals surface area contributed by atoms with Crippen LogP contribution >= 0.6 is 7.14 Å². The Hall–Kier alpha value is -3.50. The van der Waals surface area contributed by atoms with Crippen LogP contribution in [0.4, 0.5) is 10.2 Å². The summed E-state index contributed by atoms with van der Waals surface area (Å²) < 4.78 is 34.8. The largest absolute Gasteiger partial charge is 0.492 e. The van der Waals surface area contributed by atoms with Crippen LogP contribution < -0.4 is 15.4 Å². The zero-order chi connectivity index (χ0) is 27.5. The highest BCUT2D eigenvalue weighted by Gasteiger charge is 2.53. The molecule has 1 atom stereocenters. The highest BCUT2D eigenvalue weighted by molar-refractivity contribution is 7.72. The maximum atomic E-state index is 14.4.